The molecule has 1 aromatic carbocycles. The average Bonchev–Trinajstić information content (AvgIpc) is 2.47. The van der Waals surface area contributed by atoms with Gasteiger partial charge in [0.25, 0.3) is 0 Å². The van der Waals surface area contributed by atoms with Crippen LogP contribution in [0.2, 0.25) is 0 Å². The summed E-state index contributed by atoms with van der Waals surface area (Å²) in [5.41, 5.74) is 1.04. The van der Waals surface area contributed by atoms with Gasteiger partial charge in [-0.2, -0.15) is 0 Å². The van der Waals surface area contributed by atoms with Gasteiger partial charge >= 0.3 is 5.97 Å². The molecule has 0 spiro atoms. The molecule has 1 aliphatic heterocycles. The Balaban J connectivity index is 1.86. The fourth-order valence-corrected chi connectivity index (χ4v) is 2.65. The van der Waals surface area contributed by atoms with E-state index >= 15 is 0 Å². The molecule has 5 heteroatoms. The number of carbonyl (C=O) groups is 2. The van der Waals surface area contributed by atoms with Crippen LogP contribution in [0.25, 0.3) is 0 Å². The number of rotatable bonds is 5. The van der Waals surface area contributed by atoms with Crippen molar-refractivity contribution in [2.45, 2.75) is 45.3 Å². The number of aromatic carboxylic acids is 1. The molecule has 120 valence electrons. The maximum absolute atomic E-state index is 12.1. The minimum absolute atomic E-state index is 0.0301. The van der Waals surface area contributed by atoms with Crippen LogP contribution in [-0.2, 0) is 16.0 Å². The molecule has 1 fully saturated rings. The van der Waals surface area contributed by atoms with E-state index in [0.717, 1.165) is 18.4 Å². The van der Waals surface area contributed by atoms with Crippen LogP contribution in [0.1, 0.15) is 42.6 Å². The van der Waals surface area contributed by atoms with Gasteiger partial charge in [0, 0.05) is 12.6 Å². The molecule has 0 aromatic heterocycles. The summed E-state index contributed by atoms with van der Waals surface area (Å²) >= 11 is 0. The van der Waals surface area contributed by atoms with Crippen molar-refractivity contribution >= 4 is 11.9 Å². The highest BCUT2D eigenvalue weighted by atomic mass is 16.5. The van der Waals surface area contributed by atoms with Crippen molar-refractivity contribution in [2.24, 2.45) is 5.92 Å². The van der Waals surface area contributed by atoms with Gasteiger partial charge in [-0.3, -0.25) is 4.79 Å². The monoisotopic (exact) mass is 305 g/mol. The molecule has 0 radical (unpaired) electrons. The molecule has 2 unspecified atom stereocenters. The summed E-state index contributed by atoms with van der Waals surface area (Å²) in [7, 11) is 0. The van der Waals surface area contributed by atoms with Crippen LogP contribution in [0.3, 0.4) is 0 Å². The van der Waals surface area contributed by atoms with Crippen LogP contribution in [-0.4, -0.2) is 35.7 Å². The predicted molar refractivity (Wildman–Crippen MR) is 82.8 cm³/mol. The molecular formula is C17H23NO4. The smallest absolute Gasteiger partial charge is 0.335 e. The third kappa shape index (κ3) is 4.56. The number of carbonyl (C=O) groups excluding carboxylic acids is 1. The van der Waals surface area contributed by atoms with Crippen molar-refractivity contribution in [2.75, 3.05) is 6.61 Å². The number of amides is 1. The third-order valence-electron chi connectivity index (χ3n) is 3.99. The Hall–Kier alpha value is -1.88. The normalized spacial score (nSPS) is 21.6. The second-order valence-electron chi connectivity index (χ2n) is 6.12. The van der Waals surface area contributed by atoms with Crippen molar-refractivity contribution in [3.8, 4) is 0 Å². The Morgan fingerprint density at radius 2 is 2.00 bits per heavy atom. The lowest BCUT2D eigenvalue weighted by Gasteiger charge is -2.32. The van der Waals surface area contributed by atoms with E-state index in [1.807, 2.05) is 0 Å². The highest BCUT2D eigenvalue weighted by molar-refractivity contribution is 5.87. The molecule has 1 amide bonds. The van der Waals surface area contributed by atoms with Crippen LogP contribution in [0, 0.1) is 5.92 Å². The average molecular weight is 305 g/mol. The lowest BCUT2D eigenvalue weighted by molar-refractivity contribution is -0.122. The van der Waals surface area contributed by atoms with Gasteiger partial charge in [0.2, 0.25) is 5.91 Å². The third-order valence-corrected chi connectivity index (χ3v) is 3.99. The number of ether oxygens (including phenoxy) is 1. The van der Waals surface area contributed by atoms with E-state index in [2.05, 4.69) is 19.2 Å². The molecule has 0 saturated carbocycles. The van der Waals surface area contributed by atoms with Crippen molar-refractivity contribution in [3.05, 3.63) is 35.4 Å². The van der Waals surface area contributed by atoms with Crippen LogP contribution in [0.15, 0.2) is 24.3 Å². The summed E-state index contributed by atoms with van der Waals surface area (Å²) in [5.74, 6) is -0.543. The fourth-order valence-electron chi connectivity index (χ4n) is 2.65. The second kappa shape index (κ2) is 7.40. The number of benzene rings is 1. The molecule has 1 aromatic rings. The van der Waals surface area contributed by atoms with E-state index in [0.29, 0.717) is 12.5 Å². The Kier molecular flexibility index (Phi) is 5.55. The Labute approximate surface area is 130 Å². The Morgan fingerprint density at radius 3 is 2.59 bits per heavy atom. The standard InChI is InChI=1S/C17H23NO4/c1-11(2)15-10-14(7-8-22-15)18-16(19)9-12-3-5-13(6-4-12)17(20)21/h3-6,11,14-15H,7-10H2,1-2H3,(H,18,19)(H,20,21). The minimum Gasteiger partial charge on any atom is -0.478 e. The van der Waals surface area contributed by atoms with Crippen LogP contribution in [0.4, 0.5) is 0 Å². The van der Waals surface area contributed by atoms with Crippen molar-refractivity contribution in [1.82, 2.24) is 5.32 Å². The summed E-state index contributed by atoms with van der Waals surface area (Å²) < 4.78 is 5.70. The number of nitrogens with one attached hydrogen (secondary N) is 1. The number of carboxylic acid groups (broad SMARTS) is 1. The summed E-state index contributed by atoms with van der Waals surface area (Å²) in [6.45, 7) is 4.93. The first-order valence-electron chi connectivity index (χ1n) is 7.69. The molecule has 0 bridgehead atoms. The SMILES string of the molecule is CC(C)C1CC(NC(=O)Cc2ccc(C(=O)O)cc2)CCO1. The van der Waals surface area contributed by atoms with E-state index in [1.54, 1.807) is 12.1 Å². The topological polar surface area (TPSA) is 75.6 Å². The van der Waals surface area contributed by atoms with Gasteiger partial charge in [-0.25, -0.2) is 4.79 Å². The summed E-state index contributed by atoms with van der Waals surface area (Å²) in [6.07, 6.45) is 2.16. The highest BCUT2D eigenvalue weighted by Crippen LogP contribution is 2.20. The molecule has 0 aliphatic carbocycles. The number of carboxylic acids is 1. The van der Waals surface area contributed by atoms with Gasteiger partial charge in [0.05, 0.1) is 18.1 Å². The van der Waals surface area contributed by atoms with Crippen LogP contribution >= 0.6 is 0 Å². The van der Waals surface area contributed by atoms with Gasteiger partial charge in [0.1, 0.15) is 0 Å². The summed E-state index contributed by atoms with van der Waals surface area (Å²) in [6, 6.07) is 6.57. The van der Waals surface area contributed by atoms with E-state index < -0.39 is 5.97 Å². The molecular weight excluding hydrogens is 282 g/mol. The Bertz CT molecular complexity index is 524. The van der Waals surface area contributed by atoms with Crippen molar-refractivity contribution in [3.63, 3.8) is 0 Å². The molecule has 1 aliphatic rings. The molecule has 2 atom stereocenters. The lowest BCUT2D eigenvalue weighted by Crippen LogP contribution is -2.43. The number of hydrogen-bond acceptors (Lipinski definition) is 3. The summed E-state index contributed by atoms with van der Waals surface area (Å²) in [5, 5.41) is 11.9. The fraction of sp³-hybridized carbons (Fsp3) is 0.529. The maximum Gasteiger partial charge on any atom is 0.335 e. The van der Waals surface area contributed by atoms with E-state index in [1.165, 1.54) is 12.1 Å². The van der Waals surface area contributed by atoms with Gasteiger partial charge < -0.3 is 15.2 Å². The van der Waals surface area contributed by atoms with E-state index in [-0.39, 0.29) is 30.0 Å². The molecule has 22 heavy (non-hydrogen) atoms. The summed E-state index contributed by atoms with van der Waals surface area (Å²) in [4.78, 5) is 22.9. The van der Waals surface area contributed by atoms with Gasteiger partial charge in [0.15, 0.2) is 0 Å². The zero-order valence-electron chi connectivity index (χ0n) is 13.0. The number of hydrogen-bond donors (Lipinski definition) is 2. The van der Waals surface area contributed by atoms with Gasteiger partial charge in [-0.05, 0) is 36.5 Å². The van der Waals surface area contributed by atoms with E-state index in [4.69, 9.17) is 9.84 Å². The van der Waals surface area contributed by atoms with Crippen LogP contribution < -0.4 is 5.32 Å². The van der Waals surface area contributed by atoms with E-state index in [9.17, 15) is 9.59 Å². The Morgan fingerprint density at radius 1 is 1.32 bits per heavy atom. The largest absolute Gasteiger partial charge is 0.478 e. The maximum atomic E-state index is 12.1. The first-order chi connectivity index (χ1) is 10.5. The van der Waals surface area contributed by atoms with Crippen molar-refractivity contribution in [1.29, 1.82) is 0 Å². The first kappa shape index (κ1) is 16.5. The predicted octanol–water partition coefficient (Wildman–Crippen LogP) is 2.25. The molecule has 2 rings (SSSR count). The molecule has 1 saturated heterocycles. The van der Waals surface area contributed by atoms with Gasteiger partial charge in [-0.1, -0.05) is 26.0 Å². The zero-order valence-corrected chi connectivity index (χ0v) is 13.0. The highest BCUT2D eigenvalue weighted by Gasteiger charge is 2.25. The van der Waals surface area contributed by atoms with Crippen molar-refractivity contribution < 1.29 is 19.4 Å². The minimum atomic E-state index is -0.960. The first-order valence-corrected chi connectivity index (χ1v) is 7.69. The molecule has 1 heterocycles. The zero-order chi connectivity index (χ0) is 16.1. The molecule has 2 N–H and O–H groups in total. The van der Waals surface area contributed by atoms with Crippen LogP contribution in [0.5, 0.6) is 0 Å². The molecule has 5 nitrogen and oxygen atoms in total. The second-order valence-corrected chi connectivity index (χ2v) is 6.12. The lowest BCUT2D eigenvalue weighted by atomic mass is 9.95. The quantitative estimate of drug-likeness (QED) is 0.875. The van der Waals surface area contributed by atoms with Gasteiger partial charge in [-0.15, -0.1) is 0 Å².